The van der Waals surface area contributed by atoms with Crippen molar-refractivity contribution in [2.24, 2.45) is 5.73 Å². The van der Waals surface area contributed by atoms with E-state index in [-0.39, 0.29) is 23.8 Å². The zero-order valence-electron chi connectivity index (χ0n) is 11.0. The molecule has 1 aromatic carbocycles. The minimum Gasteiger partial charge on any atom is -0.480 e. The number of nitrogens with zero attached hydrogens (tertiary/aromatic N) is 1. The predicted octanol–water partition coefficient (Wildman–Crippen LogP) is 1.76. The number of benzene rings is 1. The molecule has 1 aliphatic carbocycles. The first-order valence-electron chi connectivity index (χ1n) is 6.57. The monoisotopic (exact) mass is 280 g/mol. The van der Waals surface area contributed by atoms with Crippen LogP contribution in [0.25, 0.3) is 0 Å². The molecule has 1 aromatic rings. The maximum Gasteiger partial charge on any atom is 0.323 e. The number of halogens is 1. The van der Waals surface area contributed by atoms with Gasteiger partial charge < -0.3 is 15.7 Å². The number of amides is 1. The smallest absolute Gasteiger partial charge is 0.323 e. The second-order valence-electron chi connectivity index (χ2n) is 4.99. The number of carbonyl (C=O) groups is 2. The molecule has 0 atom stereocenters. The number of primary amides is 1. The van der Waals surface area contributed by atoms with Crippen LogP contribution in [-0.2, 0) is 4.79 Å². The van der Waals surface area contributed by atoms with Gasteiger partial charge in [0.25, 0.3) is 0 Å². The minimum atomic E-state index is -1.00. The first-order chi connectivity index (χ1) is 9.49. The Labute approximate surface area is 116 Å². The van der Waals surface area contributed by atoms with Crippen LogP contribution in [0, 0.1) is 5.82 Å². The van der Waals surface area contributed by atoms with Crippen molar-refractivity contribution < 1.29 is 19.1 Å². The quantitative estimate of drug-likeness (QED) is 0.860. The van der Waals surface area contributed by atoms with Crippen LogP contribution in [0.15, 0.2) is 18.2 Å². The van der Waals surface area contributed by atoms with Gasteiger partial charge in [-0.15, -0.1) is 0 Å². The summed E-state index contributed by atoms with van der Waals surface area (Å²) < 4.78 is 14.1. The number of anilines is 1. The molecule has 1 fully saturated rings. The van der Waals surface area contributed by atoms with Gasteiger partial charge >= 0.3 is 5.97 Å². The summed E-state index contributed by atoms with van der Waals surface area (Å²) in [7, 11) is 0. The Bertz CT molecular complexity index is 527. The Kier molecular flexibility index (Phi) is 4.22. The van der Waals surface area contributed by atoms with E-state index < -0.39 is 17.7 Å². The highest BCUT2D eigenvalue weighted by Crippen LogP contribution is 2.30. The molecule has 2 rings (SSSR count). The second kappa shape index (κ2) is 5.90. The Morgan fingerprint density at radius 2 is 2.00 bits per heavy atom. The molecule has 1 amide bonds. The number of hydrogen-bond acceptors (Lipinski definition) is 3. The molecule has 20 heavy (non-hydrogen) atoms. The van der Waals surface area contributed by atoms with Crippen LogP contribution in [0.2, 0.25) is 0 Å². The van der Waals surface area contributed by atoms with Crippen molar-refractivity contribution in [3.63, 3.8) is 0 Å². The van der Waals surface area contributed by atoms with Crippen LogP contribution in [0.5, 0.6) is 0 Å². The van der Waals surface area contributed by atoms with Crippen molar-refractivity contribution in [3.8, 4) is 0 Å². The third kappa shape index (κ3) is 3.07. The molecule has 0 bridgehead atoms. The highest BCUT2D eigenvalue weighted by atomic mass is 19.1. The summed E-state index contributed by atoms with van der Waals surface area (Å²) in [4.78, 5) is 23.6. The minimum absolute atomic E-state index is 0.0278. The van der Waals surface area contributed by atoms with Gasteiger partial charge in [-0.2, -0.15) is 0 Å². The van der Waals surface area contributed by atoms with Gasteiger partial charge in [0, 0.05) is 11.6 Å². The topological polar surface area (TPSA) is 83.6 Å². The lowest BCUT2D eigenvalue weighted by atomic mass is 10.1. The second-order valence-corrected chi connectivity index (χ2v) is 4.99. The van der Waals surface area contributed by atoms with Crippen molar-refractivity contribution in [1.82, 2.24) is 0 Å². The van der Waals surface area contributed by atoms with E-state index in [1.165, 1.54) is 12.1 Å². The Hall–Kier alpha value is -2.11. The van der Waals surface area contributed by atoms with E-state index in [4.69, 9.17) is 10.8 Å². The maximum absolute atomic E-state index is 14.1. The summed E-state index contributed by atoms with van der Waals surface area (Å²) in [5.41, 5.74) is 5.39. The van der Waals surface area contributed by atoms with Gasteiger partial charge in [0.05, 0.1) is 5.69 Å². The lowest BCUT2D eigenvalue weighted by Gasteiger charge is -2.30. The van der Waals surface area contributed by atoms with Crippen LogP contribution < -0.4 is 10.6 Å². The normalized spacial score (nSPS) is 15.2. The molecule has 1 saturated carbocycles. The molecule has 5 nitrogen and oxygen atoms in total. The molecule has 3 N–H and O–H groups in total. The third-order valence-electron chi connectivity index (χ3n) is 3.61. The van der Waals surface area contributed by atoms with Gasteiger partial charge in [0.15, 0.2) is 0 Å². The fraction of sp³-hybridized carbons (Fsp3) is 0.429. The van der Waals surface area contributed by atoms with Crippen molar-refractivity contribution in [1.29, 1.82) is 0 Å². The molecule has 0 aromatic heterocycles. The third-order valence-corrected chi connectivity index (χ3v) is 3.61. The summed E-state index contributed by atoms with van der Waals surface area (Å²) >= 11 is 0. The molecule has 0 unspecified atom stereocenters. The van der Waals surface area contributed by atoms with Crippen LogP contribution in [-0.4, -0.2) is 29.6 Å². The Morgan fingerprint density at radius 3 is 2.50 bits per heavy atom. The molecule has 0 aliphatic heterocycles. The Morgan fingerprint density at radius 1 is 1.35 bits per heavy atom. The molecule has 0 radical (unpaired) electrons. The maximum atomic E-state index is 14.1. The zero-order valence-corrected chi connectivity index (χ0v) is 11.0. The average molecular weight is 280 g/mol. The lowest BCUT2D eigenvalue weighted by molar-refractivity contribution is -0.135. The highest BCUT2D eigenvalue weighted by molar-refractivity contribution is 5.93. The van der Waals surface area contributed by atoms with E-state index in [0.29, 0.717) is 0 Å². The lowest BCUT2D eigenvalue weighted by Crippen LogP contribution is -2.38. The molecular weight excluding hydrogens is 263 g/mol. The van der Waals surface area contributed by atoms with Gasteiger partial charge in [0.1, 0.15) is 12.4 Å². The van der Waals surface area contributed by atoms with Gasteiger partial charge in [-0.3, -0.25) is 9.59 Å². The zero-order chi connectivity index (χ0) is 14.7. The van der Waals surface area contributed by atoms with Crippen molar-refractivity contribution in [2.75, 3.05) is 11.4 Å². The molecule has 0 heterocycles. The number of aliphatic carboxylic acids is 1. The number of carboxylic acid groups (broad SMARTS) is 1. The van der Waals surface area contributed by atoms with Crippen LogP contribution >= 0.6 is 0 Å². The van der Waals surface area contributed by atoms with Crippen molar-refractivity contribution in [2.45, 2.75) is 31.7 Å². The van der Waals surface area contributed by atoms with Crippen molar-refractivity contribution >= 4 is 17.6 Å². The molecule has 1 aliphatic rings. The summed E-state index contributed by atoms with van der Waals surface area (Å²) in [6.45, 7) is -0.252. The first-order valence-corrected chi connectivity index (χ1v) is 6.57. The van der Waals surface area contributed by atoms with Crippen LogP contribution in [0.1, 0.15) is 36.0 Å². The molecule has 0 spiro atoms. The molecule has 108 valence electrons. The van der Waals surface area contributed by atoms with E-state index in [0.717, 1.165) is 31.7 Å². The van der Waals surface area contributed by atoms with Gasteiger partial charge in [-0.05, 0) is 31.0 Å². The molecule has 0 saturated heterocycles. The number of carboxylic acids is 1. The van der Waals surface area contributed by atoms with Crippen molar-refractivity contribution in [3.05, 3.63) is 29.6 Å². The fourth-order valence-electron chi connectivity index (χ4n) is 2.67. The summed E-state index contributed by atoms with van der Waals surface area (Å²) in [6, 6.07) is 3.93. The summed E-state index contributed by atoms with van der Waals surface area (Å²) in [5.74, 6) is -2.33. The molecular formula is C14H17FN2O3. The van der Waals surface area contributed by atoms with Gasteiger partial charge in [-0.1, -0.05) is 12.8 Å². The fourth-order valence-corrected chi connectivity index (χ4v) is 2.67. The number of hydrogen-bond donors (Lipinski definition) is 2. The molecule has 6 heteroatoms. The standard InChI is InChI=1S/C14H17FN2O3/c15-11-7-9(14(16)20)5-6-12(11)17(8-13(18)19)10-3-1-2-4-10/h5-7,10H,1-4,8H2,(H2,16,20)(H,18,19). The van der Waals surface area contributed by atoms with Crippen LogP contribution in [0.4, 0.5) is 10.1 Å². The van der Waals surface area contributed by atoms with E-state index in [2.05, 4.69) is 0 Å². The van der Waals surface area contributed by atoms with Gasteiger partial charge in [-0.25, -0.2) is 4.39 Å². The Balaban J connectivity index is 2.32. The average Bonchev–Trinajstić information content (AvgIpc) is 2.89. The number of carbonyl (C=O) groups excluding carboxylic acids is 1. The van der Waals surface area contributed by atoms with E-state index in [1.807, 2.05) is 0 Å². The summed E-state index contributed by atoms with van der Waals surface area (Å²) in [5, 5.41) is 9.00. The number of rotatable bonds is 5. The van der Waals surface area contributed by atoms with E-state index in [9.17, 15) is 14.0 Å². The van der Waals surface area contributed by atoms with E-state index >= 15 is 0 Å². The SMILES string of the molecule is NC(=O)c1ccc(N(CC(=O)O)C2CCCC2)c(F)c1. The first kappa shape index (κ1) is 14.3. The number of nitrogens with two attached hydrogens (primary N) is 1. The van der Waals surface area contributed by atoms with Gasteiger partial charge in [0.2, 0.25) is 5.91 Å². The highest BCUT2D eigenvalue weighted by Gasteiger charge is 2.26. The van der Waals surface area contributed by atoms with Crippen LogP contribution in [0.3, 0.4) is 0 Å². The van der Waals surface area contributed by atoms with E-state index in [1.54, 1.807) is 4.90 Å². The predicted molar refractivity (Wildman–Crippen MR) is 72.2 cm³/mol. The largest absolute Gasteiger partial charge is 0.480 e. The summed E-state index contributed by atoms with van der Waals surface area (Å²) in [6.07, 6.45) is 3.73.